The molecule has 4 heterocycles. The molecule has 1 saturated carbocycles. The Morgan fingerprint density at radius 3 is 2.52 bits per heavy atom. The summed E-state index contributed by atoms with van der Waals surface area (Å²) in [5.74, 6) is -0.466. The molecule has 7 rings (SSSR count). The molecule has 2 unspecified atom stereocenters. The topological polar surface area (TPSA) is 97.9 Å². The third-order valence-electron chi connectivity index (χ3n) is 8.50. The van der Waals surface area contributed by atoms with E-state index >= 15 is 0 Å². The summed E-state index contributed by atoms with van der Waals surface area (Å²) in [5, 5.41) is 14.3. The van der Waals surface area contributed by atoms with Crippen LogP contribution in [-0.4, -0.2) is 45.8 Å². The minimum Gasteiger partial charge on any atom is -0.478 e. The van der Waals surface area contributed by atoms with Crippen LogP contribution in [0.3, 0.4) is 0 Å². The SMILES string of the molecule is O=C(O)c1cnc2c(N3C4CC[C@H]3CC(OCc3c(-c5ccccc5OC(F)(F)F)noc3C3CC3)C4)cccc2c1. The zero-order valence-corrected chi connectivity index (χ0v) is 22.5. The molecule has 0 radical (unpaired) electrons. The fraction of sp³-hybridized carbons (Fsp3) is 0.387. The quantitative estimate of drug-likeness (QED) is 0.237. The Hall–Kier alpha value is -4.12. The Labute approximate surface area is 239 Å². The maximum atomic E-state index is 13.1. The van der Waals surface area contributed by atoms with E-state index in [9.17, 15) is 23.1 Å². The molecule has 11 heteroatoms. The number of halogens is 3. The van der Waals surface area contributed by atoms with E-state index in [0.717, 1.165) is 55.1 Å². The van der Waals surface area contributed by atoms with Gasteiger partial charge < -0.3 is 24.0 Å². The predicted octanol–water partition coefficient (Wildman–Crippen LogP) is 7.08. The Morgan fingerprint density at radius 1 is 1.05 bits per heavy atom. The van der Waals surface area contributed by atoms with Crippen molar-refractivity contribution >= 4 is 22.6 Å². The predicted molar refractivity (Wildman–Crippen MR) is 146 cm³/mol. The van der Waals surface area contributed by atoms with Gasteiger partial charge in [-0.05, 0) is 62.8 Å². The Bertz CT molecular complexity index is 1640. The van der Waals surface area contributed by atoms with Crippen LogP contribution >= 0.6 is 0 Å². The zero-order chi connectivity index (χ0) is 29.0. The summed E-state index contributed by atoms with van der Waals surface area (Å²) in [5.41, 5.74) is 3.14. The Balaban J connectivity index is 1.11. The van der Waals surface area contributed by atoms with Crippen molar-refractivity contribution in [3.63, 3.8) is 0 Å². The van der Waals surface area contributed by atoms with Crippen LogP contribution < -0.4 is 9.64 Å². The highest BCUT2D eigenvalue weighted by Gasteiger charge is 2.42. The van der Waals surface area contributed by atoms with E-state index in [1.165, 1.54) is 18.3 Å². The van der Waals surface area contributed by atoms with Gasteiger partial charge in [0.2, 0.25) is 0 Å². The number of hydrogen-bond acceptors (Lipinski definition) is 7. The summed E-state index contributed by atoms with van der Waals surface area (Å²) in [7, 11) is 0. The molecule has 1 N–H and O–H groups in total. The molecule has 8 nitrogen and oxygen atoms in total. The summed E-state index contributed by atoms with van der Waals surface area (Å²) in [6.07, 6.45) is 1.98. The second-order valence-electron chi connectivity index (χ2n) is 11.3. The Morgan fingerprint density at radius 2 is 1.81 bits per heavy atom. The fourth-order valence-corrected chi connectivity index (χ4v) is 6.54. The second kappa shape index (κ2) is 10.3. The van der Waals surface area contributed by atoms with Crippen LogP contribution in [0.4, 0.5) is 18.9 Å². The molecular formula is C31H28F3N3O5. The number of para-hydroxylation sites is 2. The largest absolute Gasteiger partial charge is 0.573 e. The van der Waals surface area contributed by atoms with E-state index < -0.39 is 12.3 Å². The molecular weight excluding hydrogens is 551 g/mol. The monoisotopic (exact) mass is 579 g/mol. The highest BCUT2D eigenvalue weighted by atomic mass is 19.4. The molecule has 2 saturated heterocycles. The average molecular weight is 580 g/mol. The lowest BCUT2D eigenvalue weighted by molar-refractivity contribution is -0.274. The molecule has 4 aromatic rings. The van der Waals surface area contributed by atoms with Gasteiger partial charge in [0.15, 0.2) is 0 Å². The number of nitrogens with zero attached hydrogens (tertiary/aromatic N) is 3. The lowest BCUT2D eigenvalue weighted by Crippen LogP contribution is -2.45. The summed E-state index contributed by atoms with van der Waals surface area (Å²) < 4.78 is 55.8. The molecule has 1 aliphatic carbocycles. The van der Waals surface area contributed by atoms with Crippen LogP contribution in [0.15, 0.2) is 59.3 Å². The van der Waals surface area contributed by atoms with Crippen molar-refractivity contribution in [1.29, 1.82) is 0 Å². The first-order chi connectivity index (χ1) is 20.2. The van der Waals surface area contributed by atoms with Crippen molar-refractivity contribution in [1.82, 2.24) is 10.1 Å². The van der Waals surface area contributed by atoms with Gasteiger partial charge in [-0.2, -0.15) is 0 Å². The maximum absolute atomic E-state index is 13.1. The van der Waals surface area contributed by atoms with Gasteiger partial charge in [-0.3, -0.25) is 4.98 Å². The number of pyridine rings is 1. The number of hydrogen-bond donors (Lipinski definition) is 1. The van der Waals surface area contributed by atoms with Crippen molar-refractivity contribution in [2.24, 2.45) is 0 Å². The number of ether oxygens (including phenoxy) is 2. The van der Waals surface area contributed by atoms with Gasteiger partial charge in [-0.25, -0.2) is 4.79 Å². The lowest BCUT2D eigenvalue weighted by atomic mass is 9.97. The van der Waals surface area contributed by atoms with Gasteiger partial charge in [-0.15, -0.1) is 13.2 Å². The van der Waals surface area contributed by atoms with E-state index in [2.05, 4.69) is 19.8 Å². The smallest absolute Gasteiger partial charge is 0.478 e. The molecule has 3 aliphatic rings. The van der Waals surface area contributed by atoms with E-state index in [1.54, 1.807) is 18.2 Å². The van der Waals surface area contributed by atoms with Crippen LogP contribution in [-0.2, 0) is 11.3 Å². The highest BCUT2D eigenvalue weighted by molar-refractivity contribution is 5.96. The standard InChI is InChI=1S/C31H28F3N3O5/c32-31(33,34)41-26-7-2-1-5-23(26)28-24(29(42-36-28)17-8-9-17)16-40-22-13-20-10-11-21(14-22)37(20)25-6-3-4-18-12-19(30(38)39)15-35-27(18)25/h1-7,12,15,17,20-22H,8-11,13-14,16H2,(H,38,39)/t20-,21?,22?/m0/s1. The van der Waals surface area contributed by atoms with Gasteiger partial charge in [0.25, 0.3) is 0 Å². The van der Waals surface area contributed by atoms with Crippen molar-refractivity contribution in [3.05, 3.63) is 71.6 Å². The lowest BCUT2D eigenvalue weighted by Gasteiger charge is -2.40. The van der Waals surface area contributed by atoms with Gasteiger partial charge in [0, 0.05) is 40.7 Å². The molecule has 0 amide bonds. The number of carboxylic acids is 1. The summed E-state index contributed by atoms with van der Waals surface area (Å²) >= 11 is 0. The number of benzene rings is 2. The number of aromatic nitrogens is 2. The van der Waals surface area contributed by atoms with Crippen LogP contribution in [0.5, 0.6) is 5.75 Å². The van der Waals surface area contributed by atoms with Gasteiger partial charge in [0.1, 0.15) is 17.2 Å². The fourth-order valence-electron chi connectivity index (χ4n) is 6.54. The van der Waals surface area contributed by atoms with Crippen molar-refractivity contribution < 1.29 is 37.1 Å². The molecule has 42 heavy (non-hydrogen) atoms. The number of alkyl halides is 3. The highest BCUT2D eigenvalue weighted by Crippen LogP contribution is 2.47. The number of aromatic carboxylic acids is 1. The maximum Gasteiger partial charge on any atom is 0.573 e. The molecule has 3 fully saturated rings. The molecule has 0 spiro atoms. The summed E-state index contributed by atoms with van der Waals surface area (Å²) in [6.45, 7) is 0.183. The first-order valence-corrected chi connectivity index (χ1v) is 14.1. The van der Waals surface area contributed by atoms with E-state index in [1.807, 2.05) is 18.2 Å². The van der Waals surface area contributed by atoms with Crippen molar-refractivity contribution in [3.8, 4) is 17.0 Å². The second-order valence-corrected chi connectivity index (χ2v) is 11.3. The van der Waals surface area contributed by atoms with Gasteiger partial charge in [0.05, 0.1) is 29.5 Å². The van der Waals surface area contributed by atoms with Crippen LogP contribution in [0.2, 0.25) is 0 Å². The van der Waals surface area contributed by atoms with E-state index in [4.69, 9.17) is 9.26 Å². The number of anilines is 1. The molecule has 3 atom stereocenters. The number of carboxylic acid groups (broad SMARTS) is 1. The summed E-state index contributed by atoms with van der Waals surface area (Å²) in [6, 6.07) is 13.9. The third-order valence-corrected chi connectivity index (χ3v) is 8.50. The van der Waals surface area contributed by atoms with Gasteiger partial charge >= 0.3 is 12.3 Å². The molecule has 2 aliphatic heterocycles. The molecule has 2 aromatic heterocycles. The molecule has 218 valence electrons. The number of rotatable bonds is 8. The van der Waals surface area contributed by atoms with Gasteiger partial charge in [-0.1, -0.05) is 29.4 Å². The van der Waals surface area contributed by atoms with Crippen LogP contribution in [0, 0.1) is 0 Å². The normalized spacial score (nSPS) is 22.1. The van der Waals surface area contributed by atoms with E-state index in [0.29, 0.717) is 17.0 Å². The minimum atomic E-state index is -4.83. The number of fused-ring (bicyclic) bond motifs is 3. The third kappa shape index (κ3) is 5.06. The van der Waals surface area contributed by atoms with Crippen molar-refractivity contribution in [2.75, 3.05) is 4.90 Å². The number of piperidine rings is 1. The summed E-state index contributed by atoms with van der Waals surface area (Å²) in [4.78, 5) is 18.4. The molecule has 2 bridgehead atoms. The van der Waals surface area contributed by atoms with Crippen LogP contribution in [0.25, 0.3) is 22.2 Å². The van der Waals surface area contributed by atoms with Crippen LogP contribution in [0.1, 0.15) is 66.1 Å². The van der Waals surface area contributed by atoms with Crippen molar-refractivity contribution in [2.45, 2.75) is 75.6 Å². The minimum absolute atomic E-state index is 0.0447. The number of carbonyl (C=O) groups is 1. The Kier molecular flexibility index (Phi) is 6.56. The van der Waals surface area contributed by atoms with E-state index in [-0.39, 0.29) is 47.6 Å². The average Bonchev–Trinajstić information content (AvgIpc) is 3.66. The first kappa shape index (κ1) is 26.8. The molecule has 2 aromatic carbocycles. The zero-order valence-electron chi connectivity index (χ0n) is 22.5. The first-order valence-electron chi connectivity index (χ1n) is 14.1.